The van der Waals surface area contributed by atoms with Gasteiger partial charge in [-0.1, -0.05) is 37.1 Å². The molecule has 5 rings (SSSR count). The van der Waals surface area contributed by atoms with Crippen molar-refractivity contribution in [1.82, 2.24) is 5.06 Å². The second-order valence-corrected chi connectivity index (χ2v) is 7.86. The Bertz CT molecular complexity index is 916. The standard InChI is InChI=1S/C21H24N4O/c1-25-19(23)24-21(26-25)18-12-15(14-5-4-6-17(22)11-14)7-8-16(18)13-20(21)9-2-3-10-20/h4-8,11-12H,2-3,9-10,13,22H2,1H3,(H2,23,24). The van der Waals surface area contributed by atoms with Gasteiger partial charge in [0.15, 0.2) is 0 Å². The quantitative estimate of drug-likeness (QED) is 0.775. The van der Waals surface area contributed by atoms with Crippen molar-refractivity contribution in [3.8, 4) is 11.1 Å². The highest BCUT2D eigenvalue weighted by atomic mass is 16.7. The molecule has 0 aromatic heterocycles. The Kier molecular flexibility index (Phi) is 3.16. The van der Waals surface area contributed by atoms with E-state index in [1.165, 1.54) is 18.4 Å². The number of aliphatic imine (C=N–C) groups is 1. The maximum Gasteiger partial charge on any atom is 0.220 e. The highest BCUT2D eigenvalue weighted by Crippen LogP contribution is 2.63. The summed E-state index contributed by atoms with van der Waals surface area (Å²) >= 11 is 0. The van der Waals surface area contributed by atoms with E-state index < -0.39 is 5.72 Å². The molecule has 1 saturated carbocycles. The number of rotatable bonds is 1. The average molecular weight is 348 g/mol. The summed E-state index contributed by atoms with van der Waals surface area (Å²) in [5.74, 6) is 0.457. The fourth-order valence-corrected chi connectivity index (χ4v) is 5.10. The van der Waals surface area contributed by atoms with Gasteiger partial charge in [-0.2, -0.15) is 0 Å². The molecule has 0 radical (unpaired) electrons. The van der Waals surface area contributed by atoms with Crippen LogP contribution in [-0.4, -0.2) is 18.1 Å². The maximum absolute atomic E-state index is 6.38. The van der Waals surface area contributed by atoms with E-state index >= 15 is 0 Å². The number of hydroxylamine groups is 2. The summed E-state index contributed by atoms with van der Waals surface area (Å²) in [5, 5.41) is 1.63. The fourth-order valence-electron chi connectivity index (χ4n) is 5.10. The Morgan fingerprint density at radius 1 is 1.04 bits per heavy atom. The molecule has 2 aliphatic carbocycles. The lowest BCUT2D eigenvalue weighted by Crippen LogP contribution is -2.41. The van der Waals surface area contributed by atoms with E-state index in [2.05, 4.69) is 24.3 Å². The van der Waals surface area contributed by atoms with Crippen LogP contribution in [0.25, 0.3) is 11.1 Å². The van der Waals surface area contributed by atoms with Crippen LogP contribution in [0.15, 0.2) is 47.5 Å². The van der Waals surface area contributed by atoms with Gasteiger partial charge in [-0.15, -0.1) is 0 Å². The molecule has 0 amide bonds. The first-order valence-corrected chi connectivity index (χ1v) is 9.31. The molecule has 1 aliphatic heterocycles. The second-order valence-electron chi connectivity index (χ2n) is 7.86. The van der Waals surface area contributed by atoms with Crippen molar-refractivity contribution in [3.63, 3.8) is 0 Å². The number of nitrogen functional groups attached to an aromatic ring is 1. The molecule has 26 heavy (non-hydrogen) atoms. The predicted molar refractivity (Wildman–Crippen MR) is 103 cm³/mol. The highest BCUT2D eigenvalue weighted by molar-refractivity contribution is 5.79. The van der Waals surface area contributed by atoms with Gasteiger partial charge in [0, 0.05) is 23.7 Å². The highest BCUT2D eigenvalue weighted by Gasteiger charge is 2.63. The van der Waals surface area contributed by atoms with Crippen molar-refractivity contribution in [2.75, 3.05) is 12.8 Å². The number of guanidine groups is 1. The molecule has 2 aromatic rings. The van der Waals surface area contributed by atoms with E-state index in [9.17, 15) is 0 Å². The maximum atomic E-state index is 6.38. The van der Waals surface area contributed by atoms with Crippen LogP contribution in [0.5, 0.6) is 0 Å². The summed E-state index contributed by atoms with van der Waals surface area (Å²) in [6, 6.07) is 14.6. The van der Waals surface area contributed by atoms with Gasteiger partial charge in [0.25, 0.3) is 0 Å². The monoisotopic (exact) mass is 348 g/mol. The topological polar surface area (TPSA) is 76.9 Å². The van der Waals surface area contributed by atoms with E-state index in [-0.39, 0.29) is 5.41 Å². The fraction of sp³-hybridized carbons (Fsp3) is 0.381. The van der Waals surface area contributed by atoms with Crippen molar-refractivity contribution in [2.45, 2.75) is 37.8 Å². The Balaban J connectivity index is 1.69. The van der Waals surface area contributed by atoms with Crippen LogP contribution in [0, 0.1) is 5.41 Å². The number of hydrogen-bond donors (Lipinski definition) is 2. The summed E-state index contributed by atoms with van der Waals surface area (Å²) < 4.78 is 0. The van der Waals surface area contributed by atoms with E-state index in [0.29, 0.717) is 5.96 Å². The minimum absolute atomic E-state index is 0.0129. The molecule has 0 saturated heterocycles. The van der Waals surface area contributed by atoms with Gasteiger partial charge in [0.1, 0.15) is 0 Å². The van der Waals surface area contributed by atoms with Crippen molar-refractivity contribution in [1.29, 1.82) is 0 Å². The first-order chi connectivity index (χ1) is 12.5. The summed E-state index contributed by atoms with van der Waals surface area (Å²) in [6.07, 6.45) is 5.70. The number of hydrogen-bond acceptors (Lipinski definition) is 5. The Morgan fingerprint density at radius 2 is 1.81 bits per heavy atom. The van der Waals surface area contributed by atoms with Crippen molar-refractivity contribution >= 4 is 11.6 Å². The zero-order valence-corrected chi connectivity index (χ0v) is 15.0. The second kappa shape index (κ2) is 5.24. The van der Waals surface area contributed by atoms with Crippen molar-refractivity contribution in [3.05, 3.63) is 53.6 Å². The molecular weight excluding hydrogens is 324 g/mol. The predicted octanol–water partition coefficient (Wildman–Crippen LogP) is 3.40. The van der Waals surface area contributed by atoms with Crippen LogP contribution < -0.4 is 11.5 Å². The normalized spacial score (nSPS) is 25.9. The van der Waals surface area contributed by atoms with Gasteiger partial charge in [-0.05, 0) is 54.2 Å². The molecule has 4 N–H and O–H groups in total. The van der Waals surface area contributed by atoms with Crippen LogP contribution in [0.1, 0.15) is 36.8 Å². The minimum atomic E-state index is -0.687. The van der Waals surface area contributed by atoms with Crippen LogP contribution in [0.2, 0.25) is 0 Å². The molecule has 5 heteroatoms. The van der Waals surface area contributed by atoms with Crippen molar-refractivity contribution in [2.24, 2.45) is 16.1 Å². The van der Waals surface area contributed by atoms with Gasteiger partial charge in [-0.25, -0.2) is 14.9 Å². The molecule has 134 valence electrons. The van der Waals surface area contributed by atoms with Crippen LogP contribution >= 0.6 is 0 Å². The van der Waals surface area contributed by atoms with Gasteiger partial charge < -0.3 is 11.5 Å². The zero-order valence-electron chi connectivity index (χ0n) is 15.0. The van der Waals surface area contributed by atoms with E-state index in [1.807, 2.05) is 25.2 Å². The zero-order chi connectivity index (χ0) is 17.9. The van der Waals surface area contributed by atoms with Crippen molar-refractivity contribution < 1.29 is 4.84 Å². The first-order valence-electron chi connectivity index (χ1n) is 9.31. The Hall–Kier alpha value is -2.53. The van der Waals surface area contributed by atoms with E-state index in [4.69, 9.17) is 21.3 Å². The third-order valence-electron chi connectivity index (χ3n) is 6.37. The van der Waals surface area contributed by atoms with Gasteiger partial charge in [0.2, 0.25) is 11.7 Å². The lowest BCUT2D eigenvalue weighted by Gasteiger charge is -2.37. The van der Waals surface area contributed by atoms with Crippen LogP contribution in [0.4, 0.5) is 5.69 Å². The average Bonchev–Trinajstić information content (AvgIpc) is 3.28. The van der Waals surface area contributed by atoms with Gasteiger partial charge in [0.05, 0.1) is 0 Å². The molecule has 5 nitrogen and oxygen atoms in total. The number of anilines is 1. The summed E-state index contributed by atoms with van der Waals surface area (Å²) in [4.78, 5) is 11.3. The summed E-state index contributed by atoms with van der Waals surface area (Å²) in [6.45, 7) is 0. The first kappa shape index (κ1) is 15.7. The number of nitrogens with two attached hydrogens (primary N) is 2. The Labute approximate surface area is 153 Å². The third-order valence-corrected chi connectivity index (χ3v) is 6.37. The van der Waals surface area contributed by atoms with E-state index in [1.54, 1.807) is 5.06 Å². The summed E-state index contributed by atoms with van der Waals surface area (Å²) in [5.41, 5.74) is 17.0. The van der Waals surface area contributed by atoms with Crippen LogP contribution in [-0.2, 0) is 17.0 Å². The molecule has 3 aliphatic rings. The van der Waals surface area contributed by atoms with Gasteiger partial charge in [-0.3, -0.25) is 0 Å². The van der Waals surface area contributed by atoms with Crippen LogP contribution in [0.3, 0.4) is 0 Å². The SMILES string of the molecule is CN1OC2(N=C1N)c1cc(-c3cccc(N)c3)ccc1CC21CCCC1. The lowest BCUT2D eigenvalue weighted by molar-refractivity contribution is -0.220. The molecule has 2 spiro atoms. The molecule has 2 aromatic carbocycles. The number of nitrogens with zero attached hydrogens (tertiary/aromatic N) is 2. The molecule has 0 bridgehead atoms. The summed E-state index contributed by atoms with van der Waals surface area (Å²) in [7, 11) is 1.84. The number of benzene rings is 2. The lowest BCUT2D eigenvalue weighted by atomic mass is 9.76. The minimum Gasteiger partial charge on any atom is -0.399 e. The number of fused-ring (bicyclic) bond motifs is 3. The largest absolute Gasteiger partial charge is 0.399 e. The third kappa shape index (κ3) is 1.98. The van der Waals surface area contributed by atoms with E-state index in [0.717, 1.165) is 41.6 Å². The Morgan fingerprint density at radius 3 is 2.50 bits per heavy atom. The smallest absolute Gasteiger partial charge is 0.220 e. The molecular formula is C21H24N4O. The molecule has 1 heterocycles. The van der Waals surface area contributed by atoms with Gasteiger partial charge >= 0.3 is 0 Å². The molecule has 1 fully saturated rings. The molecule has 1 atom stereocenters. The molecule has 1 unspecified atom stereocenters.